The second-order valence-electron chi connectivity index (χ2n) is 8.17. The first-order valence-electron chi connectivity index (χ1n) is 10.6. The zero-order valence-corrected chi connectivity index (χ0v) is 20.4. The first-order valence-corrected chi connectivity index (χ1v) is 11.7. The molecule has 9 heteroatoms. The molecule has 0 aromatic heterocycles. The molecule has 2 heterocycles. The van der Waals surface area contributed by atoms with Crippen LogP contribution in [0.5, 0.6) is 0 Å². The minimum Gasteiger partial charge on any atom is -0.445 e. The standard InChI is InChI=1S/C24H24Cl3N3O3/c1-28-16-30(13-17-5-3-2-4-6-17)22(31)20-14-29(12-11-21(20)28)23(32)33-15-18-7-9-19(10-8-18)24(25,26)27/h2-10H,11-16H2,1H3. The maximum Gasteiger partial charge on any atom is 0.410 e. The number of ether oxygens (including phenoxy) is 1. The van der Waals surface area contributed by atoms with E-state index in [0.29, 0.717) is 37.3 Å². The Labute approximate surface area is 208 Å². The lowest BCUT2D eigenvalue weighted by molar-refractivity contribution is -0.131. The van der Waals surface area contributed by atoms with Crippen LogP contribution < -0.4 is 0 Å². The van der Waals surface area contributed by atoms with Crippen LogP contribution in [-0.2, 0) is 26.5 Å². The van der Waals surface area contributed by atoms with Crippen LogP contribution in [0.1, 0.15) is 23.1 Å². The van der Waals surface area contributed by atoms with Crippen molar-refractivity contribution in [2.24, 2.45) is 0 Å². The zero-order chi connectivity index (χ0) is 23.6. The van der Waals surface area contributed by atoms with Crippen molar-refractivity contribution in [3.8, 4) is 0 Å². The van der Waals surface area contributed by atoms with Gasteiger partial charge in [0, 0.05) is 37.8 Å². The molecule has 0 unspecified atom stereocenters. The van der Waals surface area contributed by atoms with E-state index in [9.17, 15) is 9.59 Å². The van der Waals surface area contributed by atoms with E-state index >= 15 is 0 Å². The predicted octanol–water partition coefficient (Wildman–Crippen LogP) is 5.04. The summed E-state index contributed by atoms with van der Waals surface area (Å²) in [5, 5.41) is 0. The second-order valence-corrected chi connectivity index (χ2v) is 10.5. The van der Waals surface area contributed by atoms with Gasteiger partial charge in [-0.2, -0.15) is 0 Å². The Balaban J connectivity index is 1.38. The summed E-state index contributed by atoms with van der Waals surface area (Å²) in [6, 6.07) is 16.8. The van der Waals surface area contributed by atoms with Crippen molar-refractivity contribution >= 4 is 46.8 Å². The minimum absolute atomic E-state index is 0.0354. The first kappa shape index (κ1) is 23.7. The number of benzene rings is 2. The summed E-state index contributed by atoms with van der Waals surface area (Å²) in [7, 11) is 1.98. The third-order valence-electron chi connectivity index (χ3n) is 5.82. The van der Waals surface area contributed by atoms with Crippen LogP contribution in [0.2, 0.25) is 0 Å². The number of alkyl halides is 3. The summed E-state index contributed by atoms with van der Waals surface area (Å²) in [6.07, 6.45) is 0.159. The Hall–Kier alpha value is -2.41. The molecule has 0 N–H and O–H groups in total. The molecule has 2 aliphatic rings. The molecular weight excluding hydrogens is 485 g/mol. The van der Waals surface area contributed by atoms with Crippen molar-refractivity contribution in [2.45, 2.75) is 23.4 Å². The fraction of sp³-hybridized carbons (Fsp3) is 0.333. The topological polar surface area (TPSA) is 53.1 Å². The van der Waals surface area contributed by atoms with E-state index in [2.05, 4.69) is 4.90 Å². The van der Waals surface area contributed by atoms with Gasteiger partial charge in [-0.05, 0) is 11.1 Å². The largest absolute Gasteiger partial charge is 0.445 e. The highest BCUT2D eigenvalue weighted by Crippen LogP contribution is 2.38. The van der Waals surface area contributed by atoms with Crippen molar-refractivity contribution in [1.29, 1.82) is 0 Å². The smallest absolute Gasteiger partial charge is 0.410 e. The van der Waals surface area contributed by atoms with Crippen molar-refractivity contribution in [1.82, 2.24) is 14.7 Å². The van der Waals surface area contributed by atoms with Crippen molar-refractivity contribution < 1.29 is 14.3 Å². The van der Waals surface area contributed by atoms with E-state index in [1.165, 1.54) is 0 Å². The number of halogens is 3. The van der Waals surface area contributed by atoms with Gasteiger partial charge in [-0.1, -0.05) is 89.4 Å². The van der Waals surface area contributed by atoms with E-state index < -0.39 is 9.89 Å². The van der Waals surface area contributed by atoms with Crippen LogP contribution in [0.25, 0.3) is 0 Å². The van der Waals surface area contributed by atoms with Gasteiger partial charge in [0.2, 0.25) is 3.79 Å². The first-order chi connectivity index (χ1) is 15.7. The van der Waals surface area contributed by atoms with Crippen LogP contribution in [-0.4, -0.2) is 53.5 Å². The summed E-state index contributed by atoms with van der Waals surface area (Å²) < 4.78 is 3.99. The van der Waals surface area contributed by atoms with Crippen LogP contribution in [0.15, 0.2) is 65.9 Å². The summed E-state index contributed by atoms with van der Waals surface area (Å²) in [5.41, 5.74) is 4.03. The molecule has 6 nitrogen and oxygen atoms in total. The Bertz CT molecular complexity index is 1050. The van der Waals surface area contributed by atoms with Gasteiger partial charge in [0.25, 0.3) is 5.91 Å². The van der Waals surface area contributed by atoms with Crippen LogP contribution in [0.4, 0.5) is 4.79 Å². The Morgan fingerprint density at radius 3 is 2.39 bits per heavy atom. The highest BCUT2D eigenvalue weighted by molar-refractivity contribution is 6.66. The molecule has 0 radical (unpaired) electrons. The Morgan fingerprint density at radius 2 is 1.73 bits per heavy atom. The van der Waals surface area contributed by atoms with Crippen LogP contribution in [0.3, 0.4) is 0 Å². The molecule has 2 aliphatic heterocycles. The molecule has 0 saturated heterocycles. The van der Waals surface area contributed by atoms with Gasteiger partial charge in [0.1, 0.15) is 6.61 Å². The molecule has 0 atom stereocenters. The maximum absolute atomic E-state index is 13.2. The molecule has 0 saturated carbocycles. The lowest BCUT2D eigenvalue weighted by atomic mass is 10.0. The monoisotopic (exact) mass is 507 g/mol. The number of hydrogen-bond donors (Lipinski definition) is 0. The number of hydrogen-bond acceptors (Lipinski definition) is 4. The van der Waals surface area contributed by atoms with E-state index in [-0.39, 0.29) is 19.1 Å². The molecule has 174 valence electrons. The molecule has 4 rings (SSSR count). The highest BCUT2D eigenvalue weighted by atomic mass is 35.6. The van der Waals surface area contributed by atoms with Gasteiger partial charge in [-0.25, -0.2) is 4.79 Å². The fourth-order valence-corrected chi connectivity index (χ4v) is 4.45. The maximum atomic E-state index is 13.2. The predicted molar refractivity (Wildman–Crippen MR) is 129 cm³/mol. The van der Waals surface area contributed by atoms with E-state index in [1.54, 1.807) is 34.1 Å². The molecule has 0 bridgehead atoms. The van der Waals surface area contributed by atoms with E-state index in [0.717, 1.165) is 16.8 Å². The van der Waals surface area contributed by atoms with Gasteiger partial charge in [0.15, 0.2) is 0 Å². The van der Waals surface area contributed by atoms with Crippen molar-refractivity contribution in [2.75, 3.05) is 26.8 Å². The van der Waals surface area contributed by atoms with Gasteiger partial charge < -0.3 is 19.4 Å². The lowest BCUT2D eigenvalue weighted by Crippen LogP contribution is -2.51. The number of carbonyl (C=O) groups excluding carboxylic acids is 2. The van der Waals surface area contributed by atoms with Gasteiger partial charge in [0.05, 0.1) is 18.8 Å². The number of amides is 2. The molecule has 0 spiro atoms. The average Bonchev–Trinajstić information content (AvgIpc) is 2.81. The molecular formula is C24H24Cl3N3O3. The van der Waals surface area contributed by atoms with Crippen LogP contribution >= 0.6 is 34.8 Å². The third-order valence-corrected chi connectivity index (χ3v) is 6.48. The molecule has 2 amide bonds. The average molecular weight is 509 g/mol. The second kappa shape index (κ2) is 9.84. The quantitative estimate of drug-likeness (QED) is 0.543. The normalized spacial score (nSPS) is 16.7. The molecule has 0 fully saturated rings. The van der Waals surface area contributed by atoms with E-state index in [1.807, 2.05) is 37.4 Å². The molecule has 2 aromatic carbocycles. The Kier molecular flexibility index (Phi) is 7.07. The number of rotatable bonds is 4. The van der Waals surface area contributed by atoms with E-state index in [4.69, 9.17) is 39.5 Å². The zero-order valence-electron chi connectivity index (χ0n) is 18.1. The summed E-state index contributed by atoms with van der Waals surface area (Å²) in [6.45, 7) is 1.88. The summed E-state index contributed by atoms with van der Waals surface area (Å²) in [5.74, 6) is -0.0354. The van der Waals surface area contributed by atoms with Gasteiger partial charge in [-0.15, -0.1) is 0 Å². The van der Waals surface area contributed by atoms with Crippen LogP contribution in [0, 0.1) is 0 Å². The van der Waals surface area contributed by atoms with Crippen molar-refractivity contribution in [3.63, 3.8) is 0 Å². The molecule has 0 aliphatic carbocycles. The SMILES string of the molecule is CN1CN(Cc2ccccc2)C(=O)C2=C1CCN(C(=O)OCc1ccc(C(Cl)(Cl)Cl)cc1)C2. The molecule has 33 heavy (non-hydrogen) atoms. The molecule has 2 aromatic rings. The van der Waals surface area contributed by atoms with Gasteiger partial charge >= 0.3 is 6.09 Å². The van der Waals surface area contributed by atoms with Gasteiger partial charge in [-0.3, -0.25) is 4.79 Å². The highest BCUT2D eigenvalue weighted by Gasteiger charge is 2.35. The lowest BCUT2D eigenvalue weighted by Gasteiger charge is -2.42. The summed E-state index contributed by atoms with van der Waals surface area (Å²) in [4.78, 5) is 31.4. The Morgan fingerprint density at radius 1 is 1.03 bits per heavy atom. The van der Waals surface area contributed by atoms with Crippen molar-refractivity contribution in [3.05, 3.63) is 82.6 Å². The summed E-state index contributed by atoms with van der Waals surface area (Å²) >= 11 is 17.6. The number of carbonyl (C=O) groups is 2. The minimum atomic E-state index is -1.50. The third kappa shape index (κ3) is 5.57. The number of nitrogens with zero attached hydrogens (tertiary/aromatic N) is 3. The fourth-order valence-electron chi connectivity index (χ4n) is 4.07.